The van der Waals surface area contributed by atoms with Crippen LogP contribution in [0.5, 0.6) is 0 Å². The summed E-state index contributed by atoms with van der Waals surface area (Å²) in [6.45, 7) is 4.34. The van der Waals surface area contributed by atoms with Crippen molar-refractivity contribution in [2.45, 2.75) is 20.0 Å². The molecule has 0 unspecified atom stereocenters. The number of nitrogens with zero attached hydrogens (tertiary/aromatic N) is 1. The minimum absolute atomic E-state index is 0.349. The van der Waals surface area contributed by atoms with Gasteiger partial charge in [0.05, 0.1) is 6.10 Å². The Kier molecular flexibility index (Phi) is 3.47. The molecule has 3 heteroatoms. The topological polar surface area (TPSA) is 23.5 Å². The molecule has 0 aliphatic carbocycles. The lowest BCUT2D eigenvalue weighted by atomic mass is 10.1. The number of anilines is 1. The molecule has 78 valence electrons. The summed E-state index contributed by atoms with van der Waals surface area (Å²) in [4.78, 5) is 1.91. The van der Waals surface area contributed by atoms with Crippen molar-refractivity contribution in [2.75, 3.05) is 18.5 Å². The Morgan fingerprint density at radius 1 is 1.50 bits per heavy atom. The van der Waals surface area contributed by atoms with Gasteiger partial charge in [-0.2, -0.15) is 0 Å². The Morgan fingerprint density at radius 3 is 2.64 bits per heavy atom. The average molecular weight is 197 g/mol. The highest BCUT2D eigenvalue weighted by molar-refractivity contribution is 5.54. The van der Waals surface area contributed by atoms with Crippen molar-refractivity contribution < 1.29 is 9.50 Å². The lowest BCUT2D eigenvalue weighted by Crippen LogP contribution is -2.18. The largest absolute Gasteiger partial charge is 0.389 e. The molecule has 0 bridgehead atoms. The van der Waals surface area contributed by atoms with Crippen molar-refractivity contribution in [1.82, 2.24) is 0 Å². The summed E-state index contributed by atoms with van der Waals surface area (Å²) in [5, 5.41) is 9.46. The Bertz CT molecular complexity index is 312. The first kappa shape index (κ1) is 11.0. The minimum Gasteiger partial charge on any atom is -0.389 e. The fraction of sp³-hybridized carbons (Fsp3) is 0.455. The number of halogens is 1. The van der Waals surface area contributed by atoms with Gasteiger partial charge in [0.15, 0.2) is 0 Å². The Labute approximate surface area is 84.0 Å². The van der Waals surface area contributed by atoms with E-state index in [9.17, 15) is 9.50 Å². The summed E-state index contributed by atoms with van der Waals surface area (Å²) in [5.41, 5.74) is 1.12. The summed E-state index contributed by atoms with van der Waals surface area (Å²) in [5.74, 6) is -0.349. The number of benzene rings is 1. The summed E-state index contributed by atoms with van der Waals surface area (Å²) in [6.07, 6.45) is -0.778. The van der Waals surface area contributed by atoms with Crippen LogP contribution in [0.3, 0.4) is 0 Å². The van der Waals surface area contributed by atoms with Crippen molar-refractivity contribution in [1.29, 1.82) is 0 Å². The molecule has 1 N–H and O–H groups in total. The van der Waals surface area contributed by atoms with Gasteiger partial charge in [-0.25, -0.2) is 4.39 Å². The van der Waals surface area contributed by atoms with Crippen molar-refractivity contribution in [2.24, 2.45) is 0 Å². The molecule has 14 heavy (non-hydrogen) atoms. The van der Waals surface area contributed by atoms with E-state index in [-0.39, 0.29) is 5.82 Å². The molecule has 1 rings (SSSR count). The number of hydrogen-bond acceptors (Lipinski definition) is 2. The Hall–Kier alpha value is -1.09. The predicted molar refractivity (Wildman–Crippen MR) is 56.0 cm³/mol. The summed E-state index contributed by atoms with van der Waals surface area (Å²) in [6, 6.07) is 4.84. The first-order valence-corrected chi connectivity index (χ1v) is 4.75. The normalized spacial score (nSPS) is 12.6. The second-order valence-corrected chi connectivity index (χ2v) is 3.36. The highest BCUT2D eigenvalue weighted by atomic mass is 19.1. The molecule has 0 aliphatic rings. The van der Waals surface area contributed by atoms with Crippen molar-refractivity contribution in [3.8, 4) is 0 Å². The van der Waals surface area contributed by atoms with E-state index < -0.39 is 6.10 Å². The van der Waals surface area contributed by atoms with E-state index in [1.165, 1.54) is 6.07 Å². The molecule has 0 saturated heterocycles. The number of rotatable bonds is 3. The van der Waals surface area contributed by atoms with Crippen LogP contribution in [-0.2, 0) is 0 Å². The molecule has 0 radical (unpaired) electrons. The molecule has 2 nitrogen and oxygen atoms in total. The van der Waals surface area contributed by atoms with Crippen LogP contribution in [0.2, 0.25) is 0 Å². The minimum atomic E-state index is -0.778. The molecule has 1 aromatic rings. The van der Waals surface area contributed by atoms with Crippen LogP contribution in [0.25, 0.3) is 0 Å². The van der Waals surface area contributed by atoms with Gasteiger partial charge >= 0.3 is 0 Å². The van der Waals surface area contributed by atoms with Gasteiger partial charge in [-0.3, -0.25) is 0 Å². The molecule has 1 aromatic carbocycles. The third kappa shape index (κ3) is 2.04. The molecular formula is C11H16FNO. The number of aliphatic hydroxyl groups is 1. The number of hydrogen-bond donors (Lipinski definition) is 1. The quantitative estimate of drug-likeness (QED) is 0.804. The fourth-order valence-electron chi connectivity index (χ4n) is 1.44. The summed E-state index contributed by atoms with van der Waals surface area (Å²) in [7, 11) is 1.88. The molecule has 1 atom stereocenters. The standard InChI is InChI=1S/C11H16FNO/c1-4-13(3)10-7-5-6-9(12)11(10)8(2)14/h5-8,14H,4H2,1-3H3/t8-/m0/s1. The molecule has 0 amide bonds. The Balaban J connectivity index is 3.21. The van der Waals surface area contributed by atoms with E-state index in [1.807, 2.05) is 24.9 Å². The summed E-state index contributed by atoms with van der Waals surface area (Å²) < 4.78 is 13.4. The lowest BCUT2D eigenvalue weighted by molar-refractivity contribution is 0.194. The monoisotopic (exact) mass is 197 g/mol. The fourth-order valence-corrected chi connectivity index (χ4v) is 1.44. The van der Waals surface area contributed by atoms with Crippen molar-refractivity contribution >= 4 is 5.69 Å². The van der Waals surface area contributed by atoms with Crippen LogP contribution in [0, 0.1) is 5.82 Å². The van der Waals surface area contributed by atoms with Crippen molar-refractivity contribution in [3.63, 3.8) is 0 Å². The second kappa shape index (κ2) is 4.42. The van der Waals surface area contributed by atoms with Gasteiger partial charge in [0, 0.05) is 24.8 Å². The molecule has 0 saturated carbocycles. The van der Waals surface area contributed by atoms with Crippen LogP contribution < -0.4 is 4.90 Å². The van der Waals surface area contributed by atoms with E-state index in [1.54, 1.807) is 13.0 Å². The highest BCUT2D eigenvalue weighted by Crippen LogP contribution is 2.27. The lowest BCUT2D eigenvalue weighted by Gasteiger charge is -2.22. The zero-order valence-electron chi connectivity index (χ0n) is 8.79. The van der Waals surface area contributed by atoms with Gasteiger partial charge in [-0.1, -0.05) is 6.07 Å². The maximum absolute atomic E-state index is 13.4. The van der Waals surface area contributed by atoms with Gasteiger partial charge in [-0.15, -0.1) is 0 Å². The maximum atomic E-state index is 13.4. The Morgan fingerprint density at radius 2 is 2.14 bits per heavy atom. The van der Waals surface area contributed by atoms with Crippen LogP contribution in [-0.4, -0.2) is 18.7 Å². The zero-order valence-corrected chi connectivity index (χ0v) is 8.79. The van der Waals surface area contributed by atoms with E-state index in [2.05, 4.69) is 0 Å². The van der Waals surface area contributed by atoms with Crippen LogP contribution in [0.4, 0.5) is 10.1 Å². The molecular weight excluding hydrogens is 181 g/mol. The molecule has 0 heterocycles. The van der Waals surface area contributed by atoms with E-state index in [0.29, 0.717) is 5.56 Å². The third-order valence-corrected chi connectivity index (χ3v) is 2.33. The average Bonchev–Trinajstić information content (AvgIpc) is 2.15. The molecule has 0 spiro atoms. The zero-order chi connectivity index (χ0) is 10.7. The summed E-state index contributed by atoms with van der Waals surface area (Å²) >= 11 is 0. The second-order valence-electron chi connectivity index (χ2n) is 3.36. The molecule has 0 fully saturated rings. The first-order chi connectivity index (χ1) is 6.57. The molecule has 0 aliphatic heterocycles. The van der Waals surface area contributed by atoms with Crippen LogP contribution in [0.1, 0.15) is 25.5 Å². The smallest absolute Gasteiger partial charge is 0.131 e. The van der Waals surface area contributed by atoms with E-state index in [4.69, 9.17) is 0 Å². The van der Waals surface area contributed by atoms with E-state index >= 15 is 0 Å². The van der Waals surface area contributed by atoms with Gasteiger partial charge < -0.3 is 10.0 Å². The van der Waals surface area contributed by atoms with Gasteiger partial charge in [0.2, 0.25) is 0 Å². The van der Waals surface area contributed by atoms with Crippen molar-refractivity contribution in [3.05, 3.63) is 29.6 Å². The van der Waals surface area contributed by atoms with Gasteiger partial charge in [-0.05, 0) is 26.0 Å². The van der Waals surface area contributed by atoms with E-state index in [0.717, 1.165) is 12.2 Å². The molecule has 0 aromatic heterocycles. The van der Waals surface area contributed by atoms with Crippen LogP contribution in [0.15, 0.2) is 18.2 Å². The highest BCUT2D eigenvalue weighted by Gasteiger charge is 2.14. The SMILES string of the molecule is CCN(C)c1cccc(F)c1[C@H](C)O. The predicted octanol–water partition coefficient (Wildman–Crippen LogP) is 2.34. The van der Waals surface area contributed by atoms with Gasteiger partial charge in [0.1, 0.15) is 5.82 Å². The van der Waals surface area contributed by atoms with Gasteiger partial charge in [0.25, 0.3) is 0 Å². The number of aliphatic hydroxyl groups excluding tert-OH is 1. The van der Waals surface area contributed by atoms with Crippen LogP contribution >= 0.6 is 0 Å². The third-order valence-electron chi connectivity index (χ3n) is 2.33. The maximum Gasteiger partial charge on any atom is 0.131 e. The first-order valence-electron chi connectivity index (χ1n) is 4.75.